The fourth-order valence-electron chi connectivity index (χ4n) is 5.41. The molecule has 2 aromatic carbocycles. The van der Waals surface area contributed by atoms with E-state index in [9.17, 15) is 14.4 Å². The molecule has 1 fully saturated rings. The second-order valence-corrected chi connectivity index (χ2v) is 8.88. The Balaban J connectivity index is 1.26. The SMILES string of the molecule is C[C@@]12CCC(=O)N1c1ccccc1C(=O)N2CCCC(=O)N[C@H]1CCc2ccccc21. The highest BCUT2D eigenvalue weighted by Gasteiger charge is 2.52. The summed E-state index contributed by atoms with van der Waals surface area (Å²) in [4.78, 5) is 42.1. The van der Waals surface area contributed by atoms with Gasteiger partial charge < -0.3 is 10.2 Å². The molecule has 0 bridgehead atoms. The van der Waals surface area contributed by atoms with Crippen LogP contribution < -0.4 is 10.2 Å². The van der Waals surface area contributed by atoms with Crippen LogP contribution in [0.1, 0.15) is 66.6 Å². The number of amides is 3. The summed E-state index contributed by atoms with van der Waals surface area (Å²) in [7, 11) is 0. The summed E-state index contributed by atoms with van der Waals surface area (Å²) in [6.07, 6.45) is 3.87. The zero-order valence-corrected chi connectivity index (χ0v) is 17.8. The fraction of sp³-hybridized carbons (Fsp3) is 0.400. The molecule has 2 atom stereocenters. The van der Waals surface area contributed by atoms with Gasteiger partial charge in [-0.05, 0) is 55.9 Å². The van der Waals surface area contributed by atoms with Gasteiger partial charge in [0.25, 0.3) is 5.91 Å². The number of nitrogens with one attached hydrogen (secondary N) is 1. The van der Waals surface area contributed by atoms with E-state index in [4.69, 9.17) is 0 Å². The molecule has 1 N–H and O–H groups in total. The minimum Gasteiger partial charge on any atom is -0.349 e. The summed E-state index contributed by atoms with van der Waals surface area (Å²) in [5, 5.41) is 3.16. The Kier molecular flexibility index (Phi) is 4.80. The van der Waals surface area contributed by atoms with Crippen molar-refractivity contribution < 1.29 is 14.4 Å². The summed E-state index contributed by atoms with van der Waals surface area (Å²) in [5.74, 6) is -0.00432. The number of benzene rings is 2. The molecule has 2 aliphatic heterocycles. The summed E-state index contributed by atoms with van der Waals surface area (Å²) < 4.78 is 0. The third-order valence-corrected chi connectivity index (χ3v) is 7.00. The first kappa shape index (κ1) is 19.8. The van der Waals surface area contributed by atoms with Crippen molar-refractivity contribution in [3.05, 3.63) is 65.2 Å². The van der Waals surface area contributed by atoms with Crippen LogP contribution in [0.2, 0.25) is 0 Å². The minimum absolute atomic E-state index is 0.0102. The van der Waals surface area contributed by atoms with E-state index in [1.807, 2.05) is 37.3 Å². The quantitative estimate of drug-likeness (QED) is 0.809. The van der Waals surface area contributed by atoms with Crippen LogP contribution >= 0.6 is 0 Å². The number of hydrogen-bond donors (Lipinski definition) is 1. The number of carbonyl (C=O) groups excluding carboxylic acids is 3. The van der Waals surface area contributed by atoms with Crippen LogP contribution in [-0.2, 0) is 16.0 Å². The Morgan fingerprint density at radius 1 is 1.10 bits per heavy atom. The van der Waals surface area contributed by atoms with Crippen LogP contribution in [0, 0.1) is 0 Å². The lowest BCUT2D eigenvalue weighted by Crippen LogP contribution is -2.62. The zero-order chi connectivity index (χ0) is 21.6. The van der Waals surface area contributed by atoms with Crippen molar-refractivity contribution in [1.29, 1.82) is 0 Å². The maximum absolute atomic E-state index is 13.3. The summed E-state index contributed by atoms with van der Waals surface area (Å²) >= 11 is 0. The molecule has 1 saturated heterocycles. The Morgan fingerprint density at radius 2 is 1.87 bits per heavy atom. The van der Waals surface area contributed by atoms with Gasteiger partial charge in [0, 0.05) is 19.4 Å². The monoisotopic (exact) mass is 417 g/mol. The zero-order valence-electron chi connectivity index (χ0n) is 17.8. The lowest BCUT2D eigenvalue weighted by molar-refractivity contribution is -0.122. The predicted molar refractivity (Wildman–Crippen MR) is 117 cm³/mol. The number of fused-ring (bicyclic) bond motifs is 4. The van der Waals surface area contributed by atoms with Gasteiger partial charge in [-0.1, -0.05) is 36.4 Å². The summed E-state index contributed by atoms with van der Waals surface area (Å²) in [6.45, 7) is 2.41. The number of anilines is 1. The topological polar surface area (TPSA) is 69.7 Å². The highest BCUT2D eigenvalue weighted by Crippen LogP contribution is 2.44. The van der Waals surface area contributed by atoms with Gasteiger partial charge in [0.15, 0.2) is 0 Å². The van der Waals surface area contributed by atoms with Crippen molar-refractivity contribution in [3.63, 3.8) is 0 Å². The van der Waals surface area contributed by atoms with Crippen LogP contribution in [-0.4, -0.2) is 34.8 Å². The highest BCUT2D eigenvalue weighted by atomic mass is 16.2. The van der Waals surface area contributed by atoms with Crippen molar-refractivity contribution in [1.82, 2.24) is 10.2 Å². The molecular weight excluding hydrogens is 390 g/mol. The van der Waals surface area contributed by atoms with Gasteiger partial charge in [0.05, 0.1) is 17.3 Å². The predicted octanol–water partition coefficient (Wildman–Crippen LogP) is 3.57. The summed E-state index contributed by atoms with van der Waals surface area (Å²) in [5.41, 5.74) is 3.12. The van der Waals surface area contributed by atoms with Crippen LogP contribution in [0.3, 0.4) is 0 Å². The lowest BCUT2D eigenvalue weighted by Gasteiger charge is -2.48. The first-order chi connectivity index (χ1) is 15.0. The molecule has 5 rings (SSSR count). The van der Waals surface area contributed by atoms with Gasteiger partial charge in [-0.25, -0.2) is 0 Å². The van der Waals surface area contributed by atoms with Gasteiger partial charge in [-0.3, -0.25) is 19.3 Å². The lowest BCUT2D eigenvalue weighted by atomic mass is 9.98. The number of para-hydroxylation sites is 1. The molecule has 0 radical (unpaired) electrons. The average molecular weight is 418 g/mol. The number of hydrogen-bond acceptors (Lipinski definition) is 3. The molecule has 160 valence electrons. The number of rotatable bonds is 5. The second kappa shape index (κ2) is 7.52. The maximum Gasteiger partial charge on any atom is 0.257 e. The van der Waals surface area contributed by atoms with Gasteiger partial charge in [-0.2, -0.15) is 0 Å². The fourth-order valence-corrected chi connectivity index (χ4v) is 5.41. The average Bonchev–Trinajstić information content (AvgIpc) is 3.31. The van der Waals surface area contributed by atoms with Gasteiger partial charge in [0.2, 0.25) is 11.8 Å². The molecule has 0 spiro atoms. The van der Waals surface area contributed by atoms with E-state index in [0.717, 1.165) is 12.8 Å². The third-order valence-electron chi connectivity index (χ3n) is 7.00. The molecule has 0 unspecified atom stereocenters. The standard InChI is InChI=1S/C25H27N3O3/c1-25-15-14-23(30)28(25)21-10-5-4-9-19(21)24(31)27(25)16-6-11-22(29)26-20-13-12-17-7-2-3-8-18(17)20/h2-5,7-10,20H,6,11-16H2,1H3,(H,26,29)/t20-,25-/m0/s1. The van der Waals surface area contributed by atoms with Crippen molar-refractivity contribution in [3.8, 4) is 0 Å². The molecule has 0 aromatic heterocycles. The Bertz CT molecular complexity index is 1070. The highest BCUT2D eigenvalue weighted by molar-refractivity contribution is 6.10. The van der Waals surface area contributed by atoms with E-state index in [2.05, 4.69) is 17.4 Å². The van der Waals surface area contributed by atoms with E-state index in [-0.39, 0.29) is 23.8 Å². The second-order valence-electron chi connectivity index (χ2n) is 8.88. The minimum atomic E-state index is -0.663. The number of nitrogens with zero attached hydrogens (tertiary/aromatic N) is 2. The van der Waals surface area contributed by atoms with Crippen molar-refractivity contribution in [2.24, 2.45) is 0 Å². The van der Waals surface area contributed by atoms with Gasteiger partial charge in [0.1, 0.15) is 5.66 Å². The Hall–Kier alpha value is -3.15. The van der Waals surface area contributed by atoms with Crippen LogP contribution in [0.5, 0.6) is 0 Å². The van der Waals surface area contributed by atoms with E-state index in [1.54, 1.807) is 15.9 Å². The Morgan fingerprint density at radius 3 is 2.74 bits per heavy atom. The molecule has 3 aliphatic rings. The first-order valence-electron chi connectivity index (χ1n) is 11.1. The van der Waals surface area contributed by atoms with Crippen LogP contribution in [0.15, 0.2) is 48.5 Å². The molecule has 6 heteroatoms. The van der Waals surface area contributed by atoms with E-state index in [1.165, 1.54) is 11.1 Å². The van der Waals surface area contributed by atoms with Crippen molar-refractivity contribution in [2.75, 3.05) is 11.4 Å². The van der Waals surface area contributed by atoms with Gasteiger partial charge >= 0.3 is 0 Å². The first-order valence-corrected chi connectivity index (χ1v) is 11.1. The Labute approximate surface area is 182 Å². The molecule has 31 heavy (non-hydrogen) atoms. The van der Waals surface area contributed by atoms with Crippen LogP contribution in [0.25, 0.3) is 0 Å². The van der Waals surface area contributed by atoms with Crippen molar-refractivity contribution in [2.45, 2.75) is 57.2 Å². The van der Waals surface area contributed by atoms with E-state index < -0.39 is 5.66 Å². The smallest absolute Gasteiger partial charge is 0.257 e. The molecule has 1 aliphatic carbocycles. The third kappa shape index (κ3) is 3.21. The summed E-state index contributed by atoms with van der Waals surface area (Å²) in [6, 6.07) is 15.6. The van der Waals surface area contributed by atoms with Gasteiger partial charge in [-0.15, -0.1) is 0 Å². The number of aryl methyl sites for hydroxylation is 1. The molecular formula is C25H27N3O3. The molecule has 2 heterocycles. The van der Waals surface area contributed by atoms with E-state index >= 15 is 0 Å². The number of carbonyl (C=O) groups is 3. The van der Waals surface area contributed by atoms with Crippen molar-refractivity contribution >= 4 is 23.4 Å². The molecule has 2 aromatic rings. The van der Waals surface area contributed by atoms with E-state index in [0.29, 0.717) is 43.5 Å². The normalized spacial score (nSPS) is 24.1. The van der Waals surface area contributed by atoms with Crippen LogP contribution in [0.4, 0.5) is 5.69 Å². The molecule has 6 nitrogen and oxygen atoms in total. The molecule has 0 saturated carbocycles. The largest absolute Gasteiger partial charge is 0.349 e. The maximum atomic E-state index is 13.3. The molecule has 3 amide bonds.